The second-order valence-electron chi connectivity index (χ2n) is 10.6. The van der Waals surface area contributed by atoms with Crippen LogP contribution in [0, 0.1) is 5.82 Å². The van der Waals surface area contributed by atoms with Crippen molar-refractivity contribution in [3.63, 3.8) is 0 Å². The number of allylic oxidation sites excluding steroid dienone is 1. The summed E-state index contributed by atoms with van der Waals surface area (Å²) in [5.41, 5.74) is 2.84. The fraction of sp³-hybridized carbons (Fsp3) is 0.324. The SMILES string of the molecule is C=COCCCCCCCc1ccc(C(=O)Oc2ccc(OC(=O)c3ccc(CCCCCC(=O)C=C)cc3)c(F)c2)cc1. The zero-order chi connectivity index (χ0) is 31.6. The summed E-state index contributed by atoms with van der Waals surface area (Å²) in [6.45, 7) is 7.72. The molecule has 0 aliphatic heterocycles. The molecule has 0 aliphatic rings. The summed E-state index contributed by atoms with van der Waals surface area (Å²) >= 11 is 0. The molecule has 0 spiro atoms. The Morgan fingerprint density at radius 3 is 1.77 bits per heavy atom. The number of hydrogen-bond acceptors (Lipinski definition) is 6. The monoisotopic (exact) mass is 600 g/mol. The van der Waals surface area contributed by atoms with Gasteiger partial charge in [0.25, 0.3) is 0 Å². The zero-order valence-electron chi connectivity index (χ0n) is 25.2. The van der Waals surface area contributed by atoms with E-state index in [0.29, 0.717) is 18.6 Å². The molecule has 0 fully saturated rings. The Morgan fingerprint density at radius 1 is 0.659 bits per heavy atom. The van der Waals surface area contributed by atoms with Crippen LogP contribution in [0.15, 0.2) is 92.2 Å². The third-order valence-corrected chi connectivity index (χ3v) is 7.16. The lowest BCUT2D eigenvalue weighted by Crippen LogP contribution is -2.11. The van der Waals surface area contributed by atoms with Crippen molar-refractivity contribution in [3.05, 3.63) is 120 Å². The van der Waals surface area contributed by atoms with Crippen molar-refractivity contribution in [2.75, 3.05) is 6.61 Å². The fourth-order valence-corrected chi connectivity index (χ4v) is 4.60. The minimum Gasteiger partial charge on any atom is -0.502 e. The van der Waals surface area contributed by atoms with Crippen molar-refractivity contribution in [2.24, 2.45) is 0 Å². The Balaban J connectivity index is 1.42. The molecule has 44 heavy (non-hydrogen) atoms. The highest BCUT2D eigenvalue weighted by Gasteiger charge is 2.15. The van der Waals surface area contributed by atoms with Crippen molar-refractivity contribution in [3.8, 4) is 11.5 Å². The summed E-state index contributed by atoms with van der Waals surface area (Å²) < 4.78 is 30.4. The lowest BCUT2D eigenvalue weighted by Gasteiger charge is -2.09. The molecule has 0 amide bonds. The number of benzene rings is 3. The van der Waals surface area contributed by atoms with E-state index in [1.807, 2.05) is 24.3 Å². The standard InChI is InChI=1S/C37H41FO6/c1-3-32(39)15-11-8-10-14-29-18-22-31(23-19-29)37(41)44-35-25-24-33(27-34(35)38)43-36(40)30-20-16-28(17-21-30)13-9-6-5-7-12-26-42-4-2/h3-4,16-25,27H,1-2,5-15,26H2. The molecule has 0 aliphatic carbocycles. The summed E-state index contributed by atoms with van der Waals surface area (Å²) in [6, 6.07) is 17.8. The molecule has 0 radical (unpaired) electrons. The lowest BCUT2D eigenvalue weighted by molar-refractivity contribution is -0.114. The van der Waals surface area contributed by atoms with Crippen LogP contribution in [0.1, 0.15) is 89.6 Å². The number of ketones is 1. The molecule has 7 heteroatoms. The molecule has 0 heterocycles. The van der Waals surface area contributed by atoms with Gasteiger partial charge < -0.3 is 14.2 Å². The van der Waals surface area contributed by atoms with Crippen molar-refractivity contribution in [1.82, 2.24) is 0 Å². The quantitative estimate of drug-likeness (QED) is 0.0424. The maximum Gasteiger partial charge on any atom is 0.343 e. The summed E-state index contributed by atoms with van der Waals surface area (Å²) in [5, 5.41) is 0. The van der Waals surface area contributed by atoms with Gasteiger partial charge in [-0.25, -0.2) is 14.0 Å². The first-order valence-corrected chi connectivity index (χ1v) is 15.2. The molecular formula is C37H41FO6. The van der Waals surface area contributed by atoms with E-state index in [0.717, 1.165) is 81.4 Å². The van der Waals surface area contributed by atoms with Crippen LogP contribution in [0.5, 0.6) is 11.5 Å². The molecule has 0 unspecified atom stereocenters. The Bertz CT molecular complexity index is 1380. The van der Waals surface area contributed by atoms with Crippen LogP contribution >= 0.6 is 0 Å². The first kappa shape index (κ1) is 34.0. The van der Waals surface area contributed by atoms with Crippen LogP contribution < -0.4 is 9.47 Å². The third-order valence-electron chi connectivity index (χ3n) is 7.16. The minimum atomic E-state index is -0.821. The van der Waals surface area contributed by atoms with Gasteiger partial charge in [-0.1, -0.05) is 63.1 Å². The Labute approximate surface area is 259 Å². The van der Waals surface area contributed by atoms with E-state index in [9.17, 15) is 18.8 Å². The van der Waals surface area contributed by atoms with Crippen molar-refractivity contribution in [1.29, 1.82) is 0 Å². The van der Waals surface area contributed by atoms with Crippen LogP contribution in [0.4, 0.5) is 4.39 Å². The summed E-state index contributed by atoms with van der Waals surface area (Å²) in [7, 11) is 0. The first-order chi connectivity index (χ1) is 21.4. The number of aryl methyl sites for hydroxylation is 2. The maximum atomic E-state index is 14.7. The van der Waals surface area contributed by atoms with Crippen LogP contribution in [0.25, 0.3) is 0 Å². The molecule has 0 N–H and O–H groups in total. The normalized spacial score (nSPS) is 10.6. The van der Waals surface area contributed by atoms with Crippen molar-refractivity contribution < 1.29 is 33.0 Å². The molecule has 0 saturated carbocycles. The molecule has 0 bridgehead atoms. The van der Waals surface area contributed by atoms with E-state index in [4.69, 9.17) is 14.2 Å². The summed E-state index contributed by atoms with van der Waals surface area (Å²) in [4.78, 5) is 36.4. The van der Waals surface area contributed by atoms with Gasteiger partial charge in [-0.05, 0) is 92.1 Å². The second-order valence-corrected chi connectivity index (χ2v) is 10.6. The van der Waals surface area contributed by atoms with E-state index >= 15 is 0 Å². The number of carbonyl (C=O) groups excluding carboxylic acids is 3. The van der Waals surface area contributed by atoms with E-state index in [2.05, 4.69) is 13.2 Å². The van der Waals surface area contributed by atoms with Gasteiger partial charge in [0.2, 0.25) is 0 Å². The Morgan fingerprint density at radius 2 is 1.20 bits per heavy atom. The molecule has 3 aromatic carbocycles. The van der Waals surface area contributed by atoms with Gasteiger partial charge in [-0.2, -0.15) is 0 Å². The number of rotatable bonds is 20. The van der Waals surface area contributed by atoms with E-state index in [1.54, 1.807) is 24.3 Å². The lowest BCUT2D eigenvalue weighted by atomic mass is 10.0. The van der Waals surface area contributed by atoms with E-state index in [-0.39, 0.29) is 22.8 Å². The van der Waals surface area contributed by atoms with E-state index < -0.39 is 17.8 Å². The van der Waals surface area contributed by atoms with E-state index in [1.165, 1.54) is 24.5 Å². The van der Waals surface area contributed by atoms with Crippen LogP contribution in [-0.2, 0) is 22.4 Å². The molecule has 0 aromatic heterocycles. The van der Waals surface area contributed by atoms with Crippen LogP contribution in [0.3, 0.4) is 0 Å². The largest absolute Gasteiger partial charge is 0.502 e. The molecule has 3 rings (SSSR count). The number of unbranched alkanes of at least 4 members (excludes halogenated alkanes) is 6. The third kappa shape index (κ3) is 12.0. The predicted octanol–water partition coefficient (Wildman–Crippen LogP) is 8.78. The van der Waals surface area contributed by atoms with Gasteiger partial charge in [-0.15, -0.1) is 0 Å². The van der Waals surface area contributed by atoms with Crippen molar-refractivity contribution in [2.45, 2.75) is 70.6 Å². The molecule has 232 valence electrons. The van der Waals surface area contributed by atoms with Crippen LogP contribution in [0.2, 0.25) is 0 Å². The Kier molecular flexibility index (Phi) is 14.6. The van der Waals surface area contributed by atoms with Crippen molar-refractivity contribution >= 4 is 17.7 Å². The summed E-state index contributed by atoms with van der Waals surface area (Å²) in [5.74, 6) is -2.32. The number of hydrogen-bond donors (Lipinski definition) is 0. The van der Waals surface area contributed by atoms with Crippen LogP contribution in [-0.4, -0.2) is 24.3 Å². The molecule has 0 atom stereocenters. The average molecular weight is 601 g/mol. The number of ether oxygens (including phenoxy) is 3. The maximum absolute atomic E-state index is 14.7. The number of halogens is 1. The molecule has 0 saturated heterocycles. The van der Waals surface area contributed by atoms with Gasteiger partial charge in [0.15, 0.2) is 17.3 Å². The molecule has 3 aromatic rings. The number of carbonyl (C=O) groups is 3. The topological polar surface area (TPSA) is 78.9 Å². The van der Waals surface area contributed by atoms with Gasteiger partial charge >= 0.3 is 11.9 Å². The zero-order valence-corrected chi connectivity index (χ0v) is 25.2. The summed E-state index contributed by atoms with van der Waals surface area (Å²) in [6.07, 6.45) is 13.2. The van der Waals surface area contributed by atoms with Gasteiger partial charge in [-0.3, -0.25) is 4.79 Å². The van der Waals surface area contributed by atoms with Gasteiger partial charge in [0, 0.05) is 12.5 Å². The van der Waals surface area contributed by atoms with Gasteiger partial charge in [0.05, 0.1) is 24.0 Å². The second kappa shape index (κ2) is 18.9. The predicted molar refractivity (Wildman–Crippen MR) is 170 cm³/mol. The first-order valence-electron chi connectivity index (χ1n) is 15.2. The van der Waals surface area contributed by atoms with Gasteiger partial charge in [0.1, 0.15) is 5.75 Å². The molecule has 6 nitrogen and oxygen atoms in total. The highest BCUT2D eigenvalue weighted by molar-refractivity contribution is 5.92. The highest BCUT2D eigenvalue weighted by Crippen LogP contribution is 2.25. The molecular weight excluding hydrogens is 559 g/mol. The fourth-order valence-electron chi connectivity index (χ4n) is 4.60. The average Bonchev–Trinajstić information content (AvgIpc) is 3.03. The Hall–Kier alpha value is -4.52. The number of esters is 2. The smallest absolute Gasteiger partial charge is 0.343 e. The minimum absolute atomic E-state index is 0.00748. The highest BCUT2D eigenvalue weighted by atomic mass is 19.1.